The lowest BCUT2D eigenvalue weighted by Crippen LogP contribution is -2.20. The summed E-state index contributed by atoms with van der Waals surface area (Å²) in [7, 11) is 0. The zero-order valence-electron chi connectivity index (χ0n) is 4.83. The Hall–Kier alpha value is -1.03. The van der Waals surface area contributed by atoms with Crippen molar-refractivity contribution in [2.45, 2.75) is 12.5 Å². The molecule has 0 saturated carbocycles. The molecule has 1 amide bonds. The molecule has 50 valence electrons. The Morgan fingerprint density at radius 1 is 1.89 bits per heavy atom. The molecule has 1 aliphatic heterocycles. The fourth-order valence-corrected chi connectivity index (χ4v) is 0.621. The number of nitrogens with two attached hydrogens (primary N) is 1. The molecule has 4 heteroatoms. The largest absolute Gasteiger partial charge is 0.370 e. The van der Waals surface area contributed by atoms with Crippen LogP contribution >= 0.6 is 0 Å². The smallest absolute Gasteiger partial charge is 0.220 e. The van der Waals surface area contributed by atoms with E-state index >= 15 is 0 Å². The summed E-state index contributed by atoms with van der Waals surface area (Å²) >= 11 is 0. The Bertz CT molecular complexity index is 144. The molecule has 0 aliphatic carbocycles. The average molecular weight is 128 g/mol. The van der Waals surface area contributed by atoms with Gasteiger partial charge in [-0.1, -0.05) is 0 Å². The minimum absolute atomic E-state index is 0.178. The molecular weight excluding hydrogens is 120 g/mol. The van der Waals surface area contributed by atoms with E-state index in [2.05, 4.69) is 5.48 Å². The predicted octanol–water partition coefficient (Wildman–Crippen LogP) is -0.721. The molecule has 0 fully saturated rings. The van der Waals surface area contributed by atoms with Gasteiger partial charge in [0.1, 0.15) is 6.10 Å². The van der Waals surface area contributed by atoms with Gasteiger partial charge < -0.3 is 5.73 Å². The second-order valence-electron chi connectivity index (χ2n) is 1.80. The van der Waals surface area contributed by atoms with Crippen LogP contribution in [0.2, 0.25) is 0 Å². The number of nitrogens with one attached hydrogen (secondary N) is 1. The van der Waals surface area contributed by atoms with Crippen LogP contribution in [-0.2, 0) is 9.63 Å². The van der Waals surface area contributed by atoms with Crippen LogP contribution < -0.4 is 11.2 Å². The molecule has 4 nitrogen and oxygen atoms in total. The van der Waals surface area contributed by atoms with Gasteiger partial charge in [-0.2, -0.15) is 0 Å². The third kappa shape index (κ3) is 1.73. The molecule has 1 rings (SSSR count). The van der Waals surface area contributed by atoms with Gasteiger partial charge >= 0.3 is 0 Å². The van der Waals surface area contributed by atoms with Crippen LogP contribution in [0.15, 0.2) is 12.3 Å². The molecule has 0 aromatic heterocycles. The summed E-state index contributed by atoms with van der Waals surface area (Å²) < 4.78 is 0. The number of rotatable bonds is 2. The molecule has 0 bridgehead atoms. The van der Waals surface area contributed by atoms with Crippen LogP contribution in [0.5, 0.6) is 0 Å². The molecule has 3 N–H and O–H groups in total. The summed E-state index contributed by atoms with van der Waals surface area (Å²) in [5, 5.41) is 0. The van der Waals surface area contributed by atoms with Crippen LogP contribution in [0.25, 0.3) is 0 Å². The van der Waals surface area contributed by atoms with Crippen molar-refractivity contribution >= 4 is 5.91 Å². The van der Waals surface area contributed by atoms with E-state index in [0.29, 0.717) is 0 Å². The molecule has 1 atom stereocenters. The van der Waals surface area contributed by atoms with Crippen molar-refractivity contribution in [2.24, 2.45) is 5.73 Å². The summed E-state index contributed by atoms with van der Waals surface area (Å²) in [5.74, 6) is -0.353. The lowest BCUT2D eigenvalue weighted by molar-refractivity contribution is -0.120. The van der Waals surface area contributed by atoms with Gasteiger partial charge in [-0.3, -0.25) is 15.1 Å². The van der Waals surface area contributed by atoms with Crippen molar-refractivity contribution in [3.05, 3.63) is 12.3 Å². The molecule has 9 heavy (non-hydrogen) atoms. The first kappa shape index (κ1) is 6.10. The third-order valence-electron chi connectivity index (χ3n) is 1.00. The van der Waals surface area contributed by atoms with Crippen molar-refractivity contribution < 1.29 is 9.63 Å². The SMILES string of the molecule is NC(=O)CC1C=CNO1. The Morgan fingerprint density at radius 3 is 3.11 bits per heavy atom. The van der Waals surface area contributed by atoms with Crippen molar-refractivity contribution in [3.63, 3.8) is 0 Å². The normalized spacial score (nSPS) is 23.8. The monoisotopic (exact) mass is 128 g/mol. The minimum atomic E-state index is -0.353. The van der Waals surface area contributed by atoms with E-state index < -0.39 is 0 Å². The summed E-state index contributed by atoms with van der Waals surface area (Å²) in [6.07, 6.45) is 3.43. The molecule has 0 radical (unpaired) electrons. The van der Waals surface area contributed by atoms with Gasteiger partial charge in [-0.05, 0) is 6.08 Å². The van der Waals surface area contributed by atoms with Gasteiger partial charge in [0.05, 0.1) is 6.42 Å². The molecule has 1 aliphatic rings. The first-order valence-electron chi connectivity index (χ1n) is 2.65. The molecule has 1 unspecified atom stereocenters. The third-order valence-corrected chi connectivity index (χ3v) is 1.00. The lowest BCUT2D eigenvalue weighted by Gasteiger charge is -2.01. The zero-order chi connectivity index (χ0) is 6.69. The highest BCUT2D eigenvalue weighted by Gasteiger charge is 2.11. The highest BCUT2D eigenvalue weighted by molar-refractivity contribution is 5.74. The van der Waals surface area contributed by atoms with E-state index in [0.717, 1.165) is 0 Å². The number of carbonyl (C=O) groups is 1. The first-order chi connectivity index (χ1) is 4.29. The predicted molar refractivity (Wildman–Crippen MR) is 31.0 cm³/mol. The van der Waals surface area contributed by atoms with Gasteiger partial charge in [0, 0.05) is 6.20 Å². The Balaban J connectivity index is 2.28. The van der Waals surface area contributed by atoms with Gasteiger partial charge in [-0.15, -0.1) is 0 Å². The molecule has 0 saturated heterocycles. The zero-order valence-corrected chi connectivity index (χ0v) is 4.83. The molecule has 0 spiro atoms. The Labute approximate surface area is 52.6 Å². The van der Waals surface area contributed by atoms with Gasteiger partial charge in [0.25, 0.3) is 0 Å². The van der Waals surface area contributed by atoms with Crippen LogP contribution in [0.3, 0.4) is 0 Å². The molecule has 0 aromatic carbocycles. The summed E-state index contributed by atoms with van der Waals surface area (Å²) in [4.78, 5) is 15.0. The van der Waals surface area contributed by atoms with Crippen LogP contribution in [0, 0.1) is 0 Å². The summed E-state index contributed by atoms with van der Waals surface area (Å²) in [5.41, 5.74) is 7.38. The average Bonchev–Trinajstić information content (AvgIpc) is 2.15. The second-order valence-corrected chi connectivity index (χ2v) is 1.80. The highest BCUT2D eigenvalue weighted by Crippen LogP contribution is 2.01. The van der Waals surface area contributed by atoms with Crippen LogP contribution in [0.4, 0.5) is 0 Å². The van der Waals surface area contributed by atoms with Crippen molar-refractivity contribution in [3.8, 4) is 0 Å². The van der Waals surface area contributed by atoms with Crippen molar-refractivity contribution in [1.82, 2.24) is 5.48 Å². The molecule has 0 aromatic rings. The van der Waals surface area contributed by atoms with Crippen LogP contribution in [-0.4, -0.2) is 12.0 Å². The Kier molecular flexibility index (Phi) is 1.69. The first-order valence-corrected chi connectivity index (χ1v) is 2.65. The number of primary amides is 1. The van der Waals surface area contributed by atoms with E-state index in [1.165, 1.54) is 0 Å². The van der Waals surface area contributed by atoms with Gasteiger partial charge in [0.15, 0.2) is 0 Å². The minimum Gasteiger partial charge on any atom is -0.370 e. The lowest BCUT2D eigenvalue weighted by atomic mass is 10.2. The Morgan fingerprint density at radius 2 is 2.67 bits per heavy atom. The number of hydrogen-bond donors (Lipinski definition) is 2. The maximum Gasteiger partial charge on any atom is 0.220 e. The second kappa shape index (κ2) is 2.50. The van der Waals surface area contributed by atoms with E-state index in [9.17, 15) is 4.79 Å². The number of amides is 1. The number of hydrogen-bond acceptors (Lipinski definition) is 3. The maximum atomic E-state index is 10.2. The summed E-state index contributed by atoms with van der Waals surface area (Å²) in [6.45, 7) is 0. The van der Waals surface area contributed by atoms with E-state index in [4.69, 9.17) is 10.6 Å². The fourth-order valence-electron chi connectivity index (χ4n) is 0.621. The van der Waals surface area contributed by atoms with E-state index in [1.54, 1.807) is 12.3 Å². The highest BCUT2D eigenvalue weighted by atomic mass is 16.7. The van der Waals surface area contributed by atoms with Gasteiger partial charge in [-0.25, -0.2) is 0 Å². The van der Waals surface area contributed by atoms with Gasteiger partial charge in [0.2, 0.25) is 5.91 Å². The van der Waals surface area contributed by atoms with Crippen LogP contribution in [0.1, 0.15) is 6.42 Å². The topological polar surface area (TPSA) is 64.4 Å². The standard InChI is InChI=1S/C5H8N2O2/c6-5(8)3-4-1-2-7-9-4/h1-2,4,7H,3H2,(H2,6,8). The fraction of sp³-hybridized carbons (Fsp3) is 0.400. The van der Waals surface area contributed by atoms with Crippen molar-refractivity contribution in [1.29, 1.82) is 0 Å². The molecule has 1 heterocycles. The summed E-state index contributed by atoms with van der Waals surface area (Å²) in [6, 6.07) is 0. The van der Waals surface area contributed by atoms with E-state index in [1.807, 2.05) is 0 Å². The van der Waals surface area contributed by atoms with Crippen molar-refractivity contribution in [2.75, 3.05) is 0 Å². The quantitative estimate of drug-likeness (QED) is 0.515. The number of hydroxylamine groups is 1. The van der Waals surface area contributed by atoms with E-state index in [-0.39, 0.29) is 18.4 Å². The number of carbonyl (C=O) groups excluding carboxylic acids is 1. The molecular formula is C5H8N2O2. The maximum absolute atomic E-state index is 10.2.